The third-order valence-corrected chi connectivity index (χ3v) is 4.63. The normalized spacial score (nSPS) is 22.7. The van der Waals surface area contributed by atoms with E-state index in [0.29, 0.717) is 17.2 Å². The molecule has 0 spiro atoms. The topological polar surface area (TPSA) is 23.5 Å². The molecular weight excluding hydrogens is 234 g/mol. The first-order valence-electron chi connectivity index (χ1n) is 7.32. The minimum absolute atomic E-state index is 0.299. The predicted octanol–water partition coefficient (Wildman–Crippen LogP) is 4.13. The molecule has 1 aliphatic rings. The van der Waals surface area contributed by atoms with Crippen LogP contribution in [0.2, 0.25) is 0 Å². The summed E-state index contributed by atoms with van der Waals surface area (Å²) in [7, 11) is 0. The number of nitrogens with zero attached hydrogens (tertiary/aromatic N) is 1. The number of phenolic OH excluding ortho intramolecular Hbond substituents is 1. The van der Waals surface area contributed by atoms with Crippen molar-refractivity contribution in [2.45, 2.75) is 47.1 Å². The number of benzene rings is 1. The number of likely N-dealkylation sites (tertiary alicyclic amines) is 1. The van der Waals surface area contributed by atoms with Gasteiger partial charge in [0, 0.05) is 18.2 Å². The molecule has 2 heteroatoms. The van der Waals surface area contributed by atoms with Crippen molar-refractivity contribution in [1.82, 2.24) is 4.90 Å². The molecule has 1 saturated heterocycles. The molecular formula is C17H27NO. The largest absolute Gasteiger partial charge is 0.508 e. The summed E-state index contributed by atoms with van der Waals surface area (Å²) >= 11 is 0. The minimum Gasteiger partial charge on any atom is -0.508 e. The summed E-state index contributed by atoms with van der Waals surface area (Å²) in [5.74, 6) is 1.19. The Morgan fingerprint density at radius 3 is 2.53 bits per heavy atom. The van der Waals surface area contributed by atoms with Gasteiger partial charge < -0.3 is 5.11 Å². The molecule has 1 heterocycles. The number of hydrogen-bond acceptors (Lipinski definition) is 2. The van der Waals surface area contributed by atoms with Gasteiger partial charge in [0.2, 0.25) is 0 Å². The standard InChI is InChI=1S/C17H27NO/c1-12-6-7-15(16(19)10-12)13(2)18-9-8-14(11-18)17(3,4)5/h6-7,10,13-14,19H,8-9,11H2,1-5H3. The maximum atomic E-state index is 10.1. The Kier molecular flexibility index (Phi) is 3.91. The Morgan fingerprint density at radius 2 is 2.00 bits per heavy atom. The first kappa shape index (κ1) is 14.4. The summed E-state index contributed by atoms with van der Waals surface area (Å²) in [5, 5.41) is 10.1. The van der Waals surface area contributed by atoms with Gasteiger partial charge in [-0.1, -0.05) is 32.9 Å². The molecule has 1 aromatic rings. The fourth-order valence-corrected chi connectivity index (χ4v) is 3.05. The predicted molar refractivity (Wildman–Crippen MR) is 80.4 cm³/mol. The molecule has 2 unspecified atom stereocenters. The molecule has 0 aliphatic carbocycles. The Balaban J connectivity index is 2.11. The molecule has 1 aromatic carbocycles. The second-order valence-electron chi connectivity index (χ2n) is 7.08. The van der Waals surface area contributed by atoms with Gasteiger partial charge in [-0.25, -0.2) is 0 Å². The van der Waals surface area contributed by atoms with E-state index in [1.807, 2.05) is 13.0 Å². The van der Waals surface area contributed by atoms with E-state index >= 15 is 0 Å². The van der Waals surface area contributed by atoms with Crippen molar-refractivity contribution >= 4 is 0 Å². The average Bonchev–Trinajstić information content (AvgIpc) is 2.76. The molecule has 1 fully saturated rings. The lowest BCUT2D eigenvalue weighted by atomic mass is 9.80. The highest BCUT2D eigenvalue weighted by Crippen LogP contribution is 2.38. The highest BCUT2D eigenvalue weighted by atomic mass is 16.3. The van der Waals surface area contributed by atoms with Gasteiger partial charge in [0.15, 0.2) is 0 Å². The molecule has 2 rings (SSSR count). The van der Waals surface area contributed by atoms with E-state index in [1.165, 1.54) is 6.42 Å². The zero-order chi connectivity index (χ0) is 14.2. The van der Waals surface area contributed by atoms with E-state index < -0.39 is 0 Å². The SMILES string of the molecule is Cc1ccc(C(C)N2CCC(C(C)(C)C)C2)c(O)c1. The minimum atomic E-state index is 0.299. The third kappa shape index (κ3) is 3.11. The van der Waals surface area contributed by atoms with Crippen molar-refractivity contribution in [1.29, 1.82) is 0 Å². The van der Waals surface area contributed by atoms with E-state index in [-0.39, 0.29) is 0 Å². The Labute approximate surface area is 117 Å². The zero-order valence-corrected chi connectivity index (χ0v) is 12.9. The molecule has 2 nitrogen and oxygen atoms in total. The number of phenols is 1. The number of aryl methyl sites for hydroxylation is 1. The summed E-state index contributed by atoms with van der Waals surface area (Å²) in [4.78, 5) is 2.50. The van der Waals surface area contributed by atoms with Crippen molar-refractivity contribution in [2.75, 3.05) is 13.1 Å². The molecule has 1 N–H and O–H groups in total. The number of hydrogen-bond donors (Lipinski definition) is 1. The number of rotatable bonds is 2. The fourth-order valence-electron chi connectivity index (χ4n) is 3.05. The fraction of sp³-hybridized carbons (Fsp3) is 0.647. The summed E-state index contributed by atoms with van der Waals surface area (Å²) in [6.45, 7) is 13.5. The van der Waals surface area contributed by atoms with Crippen LogP contribution in [0.1, 0.15) is 51.3 Å². The summed E-state index contributed by atoms with van der Waals surface area (Å²) < 4.78 is 0. The lowest BCUT2D eigenvalue weighted by molar-refractivity contribution is 0.201. The van der Waals surface area contributed by atoms with Crippen molar-refractivity contribution in [2.24, 2.45) is 11.3 Å². The van der Waals surface area contributed by atoms with Crippen LogP contribution in [0.4, 0.5) is 0 Å². The maximum absolute atomic E-state index is 10.1. The van der Waals surface area contributed by atoms with Crippen LogP contribution in [0.5, 0.6) is 5.75 Å². The quantitative estimate of drug-likeness (QED) is 0.865. The van der Waals surface area contributed by atoms with Crippen molar-refractivity contribution < 1.29 is 5.11 Å². The first-order valence-corrected chi connectivity index (χ1v) is 7.32. The van der Waals surface area contributed by atoms with Crippen LogP contribution in [0.15, 0.2) is 18.2 Å². The van der Waals surface area contributed by atoms with Crippen LogP contribution in [0.3, 0.4) is 0 Å². The van der Waals surface area contributed by atoms with Crippen LogP contribution < -0.4 is 0 Å². The Hall–Kier alpha value is -1.02. The van der Waals surface area contributed by atoms with Crippen molar-refractivity contribution in [3.63, 3.8) is 0 Å². The van der Waals surface area contributed by atoms with Crippen LogP contribution in [-0.4, -0.2) is 23.1 Å². The molecule has 106 valence electrons. The zero-order valence-electron chi connectivity index (χ0n) is 12.9. The molecule has 0 aromatic heterocycles. The smallest absolute Gasteiger partial charge is 0.120 e. The molecule has 1 aliphatic heterocycles. The molecule has 0 amide bonds. The summed E-state index contributed by atoms with van der Waals surface area (Å²) in [5.41, 5.74) is 2.55. The second kappa shape index (κ2) is 5.16. The van der Waals surface area contributed by atoms with E-state index in [1.54, 1.807) is 0 Å². The van der Waals surface area contributed by atoms with Crippen molar-refractivity contribution in [3.05, 3.63) is 29.3 Å². The van der Waals surface area contributed by atoms with Gasteiger partial charge in [0.05, 0.1) is 0 Å². The van der Waals surface area contributed by atoms with E-state index in [9.17, 15) is 5.11 Å². The van der Waals surface area contributed by atoms with Gasteiger partial charge in [-0.2, -0.15) is 0 Å². The second-order valence-corrected chi connectivity index (χ2v) is 7.08. The van der Waals surface area contributed by atoms with Crippen LogP contribution in [-0.2, 0) is 0 Å². The van der Waals surface area contributed by atoms with Crippen LogP contribution >= 0.6 is 0 Å². The molecule has 0 bridgehead atoms. The Morgan fingerprint density at radius 1 is 1.32 bits per heavy atom. The Bertz CT molecular complexity index is 447. The highest BCUT2D eigenvalue weighted by molar-refractivity contribution is 5.37. The third-order valence-electron chi connectivity index (χ3n) is 4.63. The van der Waals surface area contributed by atoms with Gasteiger partial charge in [-0.15, -0.1) is 0 Å². The molecule has 2 atom stereocenters. The molecule has 0 saturated carbocycles. The van der Waals surface area contributed by atoms with E-state index in [2.05, 4.69) is 44.7 Å². The highest BCUT2D eigenvalue weighted by Gasteiger charge is 2.34. The first-order chi connectivity index (χ1) is 8.79. The average molecular weight is 261 g/mol. The van der Waals surface area contributed by atoms with Gasteiger partial charge in [0.25, 0.3) is 0 Å². The van der Waals surface area contributed by atoms with E-state index in [4.69, 9.17) is 0 Å². The lowest BCUT2D eigenvalue weighted by Crippen LogP contribution is -2.28. The van der Waals surface area contributed by atoms with Crippen LogP contribution in [0, 0.1) is 18.3 Å². The van der Waals surface area contributed by atoms with Gasteiger partial charge >= 0.3 is 0 Å². The van der Waals surface area contributed by atoms with Crippen molar-refractivity contribution in [3.8, 4) is 5.75 Å². The maximum Gasteiger partial charge on any atom is 0.120 e. The summed E-state index contributed by atoms with van der Waals surface area (Å²) in [6, 6.07) is 6.32. The van der Waals surface area contributed by atoms with Gasteiger partial charge in [-0.05, 0) is 49.8 Å². The monoisotopic (exact) mass is 261 g/mol. The van der Waals surface area contributed by atoms with Gasteiger partial charge in [-0.3, -0.25) is 4.90 Å². The molecule has 19 heavy (non-hydrogen) atoms. The lowest BCUT2D eigenvalue weighted by Gasteiger charge is -2.29. The van der Waals surface area contributed by atoms with Crippen LogP contribution in [0.25, 0.3) is 0 Å². The number of aromatic hydroxyl groups is 1. The van der Waals surface area contributed by atoms with E-state index in [0.717, 1.165) is 30.1 Å². The van der Waals surface area contributed by atoms with Gasteiger partial charge in [0.1, 0.15) is 5.75 Å². The summed E-state index contributed by atoms with van der Waals surface area (Å²) in [6.07, 6.45) is 1.26. The molecule has 0 radical (unpaired) electrons.